The van der Waals surface area contributed by atoms with Crippen molar-refractivity contribution in [2.24, 2.45) is 5.73 Å². The van der Waals surface area contributed by atoms with Crippen molar-refractivity contribution in [1.29, 1.82) is 5.41 Å². The fraction of sp³-hybridized carbons (Fsp3) is 0.833. The minimum Gasteiger partial charge on any atom is -0.379 e. The smallest absolute Gasteiger partial charge is 0.379 e. The number of piperazine rings is 1. The van der Waals surface area contributed by atoms with E-state index in [-0.39, 0.29) is 5.27 Å². The van der Waals surface area contributed by atoms with Gasteiger partial charge in [-0.15, -0.1) is 0 Å². The molecule has 1 fully saturated rings. The van der Waals surface area contributed by atoms with Gasteiger partial charge in [-0.25, -0.2) is 0 Å². The fourth-order valence-corrected chi connectivity index (χ4v) is 0.777. The molecule has 0 aromatic heterocycles. The number of hydrogen-bond donors (Lipinski definition) is 3. The van der Waals surface area contributed by atoms with Gasteiger partial charge in [0.1, 0.15) is 0 Å². The van der Waals surface area contributed by atoms with E-state index in [0.717, 1.165) is 13.1 Å². The molecule has 11 heavy (non-hydrogen) atoms. The maximum Gasteiger partial charge on any atom is 1.00 e. The lowest BCUT2D eigenvalue weighted by Crippen LogP contribution is -2.40. The number of nitrogens with two attached hydrogens (primary N) is 1. The number of likely N-dealkylation sites (N-methyl/N-ethyl adjacent to an activating group) is 1. The third-order valence-electron chi connectivity index (χ3n) is 1.34. The predicted molar refractivity (Wildman–Crippen MR) is 57.4 cm³/mol. The normalized spacial score (nSPS) is 18.4. The molecule has 1 rings (SSSR count). The van der Waals surface area contributed by atoms with Crippen LogP contribution in [0.2, 0.25) is 0 Å². The molecule has 0 aromatic rings. The van der Waals surface area contributed by atoms with Crippen molar-refractivity contribution >= 4 is 26.4 Å². The lowest BCUT2D eigenvalue weighted by Gasteiger charge is -2.21. The van der Waals surface area contributed by atoms with Crippen LogP contribution in [-0.2, 0) is 0 Å². The second-order valence-electron chi connectivity index (χ2n) is 2.40. The van der Waals surface area contributed by atoms with Crippen LogP contribution in [0.3, 0.4) is 0 Å². The van der Waals surface area contributed by atoms with E-state index in [1.165, 1.54) is 13.1 Å². The van der Waals surface area contributed by atoms with Crippen LogP contribution >= 0.6 is 22.6 Å². The molecular weight excluding hydrogens is 255 g/mol. The van der Waals surface area contributed by atoms with E-state index in [2.05, 4.69) is 23.0 Å². The van der Waals surface area contributed by atoms with Crippen LogP contribution in [0.5, 0.6) is 0 Å². The summed E-state index contributed by atoms with van der Waals surface area (Å²) in [5.41, 5.74) is 4.68. The summed E-state index contributed by atoms with van der Waals surface area (Å²) in [4.78, 5) is 2.33. The van der Waals surface area contributed by atoms with Crippen LogP contribution in [0.1, 0.15) is 1.43 Å². The van der Waals surface area contributed by atoms with Crippen LogP contribution in [-0.4, -0.2) is 42.0 Å². The Bertz CT molecular complexity index is 112. The van der Waals surface area contributed by atoms with Crippen molar-refractivity contribution in [3.63, 3.8) is 0 Å². The molecular formula is C6H16IN4+. The molecule has 0 amide bonds. The van der Waals surface area contributed by atoms with E-state index in [0.29, 0.717) is 0 Å². The third kappa shape index (κ3) is 10.1. The number of amidine groups is 1. The van der Waals surface area contributed by atoms with Crippen molar-refractivity contribution in [3.8, 4) is 0 Å². The Morgan fingerprint density at radius 2 is 2.00 bits per heavy atom. The first-order chi connectivity index (χ1) is 5.13. The molecule has 0 atom stereocenters. The van der Waals surface area contributed by atoms with Crippen molar-refractivity contribution in [2.75, 3.05) is 33.2 Å². The highest BCUT2D eigenvalue weighted by atomic mass is 127. The van der Waals surface area contributed by atoms with Crippen LogP contribution in [0.4, 0.5) is 0 Å². The van der Waals surface area contributed by atoms with Gasteiger partial charge in [-0.1, -0.05) is 0 Å². The van der Waals surface area contributed by atoms with Gasteiger partial charge in [-0.05, 0) is 29.6 Å². The molecule has 0 unspecified atom stereocenters. The van der Waals surface area contributed by atoms with Crippen molar-refractivity contribution in [1.82, 2.24) is 10.2 Å². The Labute approximate surface area is 82.6 Å². The molecule has 5 heteroatoms. The highest BCUT2D eigenvalue weighted by molar-refractivity contribution is 14.1. The van der Waals surface area contributed by atoms with Crippen LogP contribution in [0.15, 0.2) is 0 Å². The van der Waals surface area contributed by atoms with E-state index in [1.54, 1.807) is 22.6 Å². The van der Waals surface area contributed by atoms with Gasteiger partial charge in [0.25, 0.3) is 0 Å². The van der Waals surface area contributed by atoms with Crippen LogP contribution in [0, 0.1) is 5.41 Å². The molecule has 0 aliphatic carbocycles. The van der Waals surface area contributed by atoms with Gasteiger partial charge < -0.3 is 16.0 Å². The van der Waals surface area contributed by atoms with Gasteiger partial charge in [0, 0.05) is 26.2 Å². The Kier molecular flexibility index (Phi) is 6.88. The van der Waals surface area contributed by atoms with Gasteiger partial charge in [-0.3, -0.25) is 5.41 Å². The highest BCUT2D eigenvalue weighted by Gasteiger charge is 2.01. The van der Waals surface area contributed by atoms with Gasteiger partial charge >= 0.3 is 1.43 Å². The van der Waals surface area contributed by atoms with Crippen LogP contribution in [0.25, 0.3) is 0 Å². The molecule has 1 aliphatic heterocycles. The molecule has 1 heterocycles. The molecule has 0 spiro atoms. The Balaban J connectivity index is 0. The SMILES string of the molecule is CN1CCNCC1.N=C(N)I.[H+]. The number of hydrogen-bond acceptors (Lipinski definition) is 3. The minimum absolute atomic E-state index is 0. The fourth-order valence-electron chi connectivity index (χ4n) is 0.777. The maximum atomic E-state index is 6.26. The number of nitrogens with zero attached hydrogens (tertiary/aromatic N) is 1. The molecule has 4 N–H and O–H groups in total. The van der Waals surface area contributed by atoms with Crippen molar-refractivity contribution in [2.45, 2.75) is 0 Å². The first-order valence-electron chi connectivity index (χ1n) is 3.51. The summed E-state index contributed by atoms with van der Waals surface area (Å²) in [6, 6.07) is 0. The average molecular weight is 271 g/mol. The molecule has 4 nitrogen and oxygen atoms in total. The summed E-state index contributed by atoms with van der Waals surface area (Å²) in [5.74, 6) is 0. The second-order valence-corrected chi connectivity index (χ2v) is 3.56. The second kappa shape index (κ2) is 6.81. The Morgan fingerprint density at radius 3 is 2.18 bits per heavy atom. The standard InChI is InChI=1S/C5H12N2.CH3IN2/c1-7-4-2-6-3-5-7;2-1(3)4/h6H,2-5H2,1H3;(H3,3,4)/p+1. The van der Waals surface area contributed by atoms with Crippen molar-refractivity contribution in [3.05, 3.63) is 0 Å². The summed E-state index contributed by atoms with van der Waals surface area (Å²) in [6.45, 7) is 4.74. The topological polar surface area (TPSA) is 65.1 Å². The van der Waals surface area contributed by atoms with Crippen molar-refractivity contribution < 1.29 is 1.43 Å². The summed E-state index contributed by atoms with van der Waals surface area (Å²) in [7, 11) is 2.15. The molecule has 0 saturated carbocycles. The predicted octanol–water partition coefficient (Wildman–Crippen LogP) is -0.0512. The van der Waals surface area contributed by atoms with Gasteiger partial charge in [0.05, 0.1) is 0 Å². The quantitative estimate of drug-likeness (QED) is 0.250. The average Bonchev–Trinajstić information content (AvgIpc) is 1.87. The Morgan fingerprint density at radius 1 is 1.64 bits per heavy atom. The van der Waals surface area contributed by atoms with E-state index >= 15 is 0 Å². The van der Waals surface area contributed by atoms with Gasteiger partial charge in [0.2, 0.25) is 0 Å². The minimum atomic E-state index is 0. The summed E-state index contributed by atoms with van der Waals surface area (Å²) in [5, 5.41) is 9.54. The lowest BCUT2D eigenvalue weighted by molar-refractivity contribution is 0.291. The first-order valence-corrected chi connectivity index (χ1v) is 4.59. The summed E-state index contributed by atoms with van der Waals surface area (Å²) >= 11 is 1.70. The molecule has 0 radical (unpaired) electrons. The molecule has 66 valence electrons. The van der Waals surface area contributed by atoms with Crippen LogP contribution < -0.4 is 11.1 Å². The van der Waals surface area contributed by atoms with E-state index in [1.807, 2.05) is 0 Å². The number of rotatable bonds is 0. The first kappa shape index (κ1) is 11.1. The monoisotopic (exact) mass is 271 g/mol. The number of halogens is 1. The molecule has 0 aromatic carbocycles. The van der Waals surface area contributed by atoms with Gasteiger partial charge in [-0.2, -0.15) is 0 Å². The highest BCUT2D eigenvalue weighted by Crippen LogP contribution is 1.83. The van der Waals surface area contributed by atoms with E-state index in [4.69, 9.17) is 5.41 Å². The largest absolute Gasteiger partial charge is 1.00 e. The summed E-state index contributed by atoms with van der Waals surface area (Å²) in [6.07, 6.45) is 0. The lowest BCUT2D eigenvalue weighted by atomic mass is 10.4. The molecule has 1 aliphatic rings. The van der Waals surface area contributed by atoms with Gasteiger partial charge in [0.15, 0.2) is 3.84 Å². The Hall–Kier alpha value is 0.120. The van der Waals surface area contributed by atoms with E-state index < -0.39 is 0 Å². The molecule has 0 bridgehead atoms. The maximum absolute atomic E-state index is 6.26. The summed E-state index contributed by atoms with van der Waals surface area (Å²) < 4.78 is 0.137. The molecule has 1 saturated heterocycles. The zero-order chi connectivity index (χ0) is 8.69. The van der Waals surface area contributed by atoms with E-state index in [9.17, 15) is 0 Å². The third-order valence-corrected chi connectivity index (χ3v) is 1.34. The zero-order valence-corrected chi connectivity index (χ0v) is 8.89. The zero-order valence-electron chi connectivity index (χ0n) is 7.73. The number of nitrogens with one attached hydrogen (secondary N) is 2.